The summed E-state index contributed by atoms with van der Waals surface area (Å²) >= 11 is 5.95. The normalized spacial score (nSPS) is 15.0. The lowest BCUT2D eigenvalue weighted by molar-refractivity contribution is 0.145. The second kappa shape index (κ2) is 10.5. The van der Waals surface area contributed by atoms with Crippen molar-refractivity contribution in [1.29, 1.82) is 0 Å². The van der Waals surface area contributed by atoms with Crippen molar-refractivity contribution < 1.29 is 13.9 Å². The molecule has 0 bridgehead atoms. The molecule has 1 aliphatic heterocycles. The van der Waals surface area contributed by atoms with Crippen LogP contribution in [0.15, 0.2) is 77.2 Å². The van der Waals surface area contributed by atoms with Crippen LogP contribution in [0, 0.1) is 0 Å². The van der Waals surface area contributed by atoms with Gasteiger partial charge in [-0.05, 0) is 86.3 Å². The summed E-state index contributed by atoms with van der Waals surface area (Å²) in [6.07, 6.45) is 1.04. The van der Waals surface area contributed by atoms with Crippen LogP contribution in [0.5, 0.6) is 17.2 Å². The van der Waals surface area contributed by atoms with E-state index in [1.54, 1.807) is 0 Å². The maximum absolute atomic E-state index is 6.07. The Bertz CT molecular complexity index is 1210. The molecule has 0 aliphatic carbocycles. The van der Waals surface area contributed by atoms with Crippen molar-refractivity contribution in [1.82, 2.24) is 9.80 Å². The zero-order valence-electron chi connectivity index (χ0n) is 19.4. The minimum Gasteiger partial charge on any atom is -0.494 e. The molecule has 3 aromatic carbocycles. The third kappa shape index (κ3) is 5.73. The fourth-order valence-corrected chi connectivity index (χ4v) is 4.26. The van der Waals surface area contributed by atoms with Crippen LogP contribution in [0.2, 0.25) is 5.02 Å². The van der Waals surface area contributed by atoms with Crippen molar-refractivity contribution in [3.8, 4) is 28.6 Å². The number of halogens is 1. The van der Waals surface area contributed by atoms with Crippen molar-refractivity contribution in [3.63, 3.8) is 0 Å². The predicted octanol–water partition coefficient (Wildman–Crippen LogP) is 6.56. The van der Waals surface area contributed by atoms with E-state index in [1.807, 2.05) is 72.8 Å². The van der Waals surface area contributed by atoms with Gasteiger partial charge >= 0.3 is 0 Å². The molecule has 0 atom stereocenters. The standard InChI is InChI=1S/C28H29ClN2O3/c1-30-14-16-31(17-15-30)13-2-18-32-24-7-3-21(4-8-24)28-20-22-19-26(11-12-27(22)34-28)33-25-9-5-23(29)6-10-25/h3-12,19-20H,2,13-18H2,1H3. The number of ether oxygens (including phenoxy) is 2. The van der Waals surface area contributed by atoms with Crippen LogP contribution in [0.3, 0.4) is 0 Å². The van der Waals surface area contributed by atoms with Gasteiger partial charge in [0.2, 0.25) is 0 Å². The summed E-state index contributed by atoms with van der Waals surface area (Å²) in [6.45, 7) is 6.43. The molecule has 2 heterocycles. The van der Waals surface area contributed by atoms with E-state index < -0.39 is 0 Å². The lowest BCUT2D eigenvalue weighted by Crippen LogP contribution is -2.44. The molecule has 0 saturated carbocycles. The molecule has 4 aromatic rings. The van der Waals surface area contributed by atoms with E-state index in [4.69, 9.17) is 25.5 Å². The Kier molecular flexibility index (Phi) is 7.05. The molecule has 1 aliphatic rings. The third-order valence-electron chi connectivity index (χ3n) is 6.16. The van der Waals surface area contributed by atoms with Crippen LogP contribution in [0.4, 0.5) is 0 Å². The predicted molar refractivity (Wildman–Crippen MR) is 137 cm³/mol. The van der Waals surface area contributed by atoms with Crippen molar-refractivity contribution in [3.05, 3.63) is 77.8 Å². The van der Waals surface area contributed by atoms with E-state index >= 15 is 0 Å². The van der Waals surface area contributed by atoms with Gasteiger partial charge in [-0.25, -0.2) is 0 Å². The van der Waals surface area contributed by atoms with Gasteiger partial charge in [0.05, 0.1) is 6.61 Å². The Labute approximate surface area is 205 Å². The maximum Gasteiger partial charge on any atom is 0.135 e. The van der Waals surface area contributed by atoms with Gasteiger partial charge in [-0.1, -0.05) is 11.6 Å². The highest BCUT2D eigenvalue weighted by atomic mass is 35.5. The first-order chi connectivity index (χ1) is 16.6. The Morgan fingerprint density at radius 1 is 0.824 bits per heavy atom. The zero-order valence-corrected chi connectivity index (χ0v) is 20.1. The SMILES string of the molecule is CN1CCN(CCCOc2ccc(-c3cc4cc(Oc5ccc(Cl)cc5)ccc4o3)cc2)CC1. The molecule has 1 saturated heterocycles. The number of fused-ring (bicyclic) bond motifs is 1. The van der Waals surface area contributed by atoms with Gasteiger partial charge in [-0.2, -0.15) is 0 Å². The molecule has 0 N–H and O–H groups in total. The first-order valence-corrected chi connectivity index (χ1v) is 12.1. The molecular weight excluding hydrogens is 448 g/mol. The number of hydrogen-bond donors (Lipinski definition) is 0. The van der Waals surface area contributed by atoms with Gasteiger partial charge in [0.25, 0.3) is 0 Å². The number of nitrogens with zero attached hydrogens (tertiary/aromatic N) is 2. The number of piperazine rings is 1. The van der Waals surface area contributed by atoms with Crippen LogP contribution in [0.1, 0.15) is 6.42 Å². The molecular formula is C28H29ClN2O3. The summed E-state index contributed by atoms with van der Waals surface area (Å²) in [7, 11) is 2.18. The summed E-state index contributed by atoms with van der Waals surface area (Å²) in [5.41, 5.74) is 1.84. The van der Waals surface area contributed by atoms with Crippen molar-refractivity contribution in [2.75, 3.05) is 46.4 Å². The molecule has 1 fully saturated rings. The summed E-state index contributed by atoms with van der Waals surface area (Å²) in [5.74, 6) is 3.20. The smallest absolute Gasteiger partial charge is 0.135 e. The van der Waals surface area contributed by atoms with E-state index in [-0.39, 0.29) is 0 Å². The molecule has 34 heavy (non-hydrogen) atoms. The largest absolute Gasteiger partial charge is 0.494 e. The summed E-state index contributed by atoms with van der Waals surface area (Å²) in [4.78, 5) is 4.89. The topological polar surface area (TPSA) is 38.1 Å². The van der Waals surface area contributed by atoms with Gasteiger partial charge in [-0.3, -0.25) is 0 Å². The Hall–Kier alpha value is -2.99. The highest BCUT2D eigenvalue weighted by Gasteiger charge is 2.13. The molecule has 0 unspecified atom stereocenters. The van der Waals surface area contributed by atoms with E-state index in [0.717, 1.165) is 85.3 Å². The highest BCUT2D eigenvalue weighted by molar-refractivity contribution is 6.30. The summed E-state index contributed by atoms with van der Waals surface area (Å²) in [5, 5.41) is 1.68. The maximum atomic E-state index is 6.07. The molecule has 5 nitrogen and oxygen atoms in total. The lowest BCUT2D eigenvalue weighted by atomic mass is 10.1. The van der Waals surface area contributed by atoms with E-state index in [1.165, 1.54) is 0 Å². The van der Waals surface area contributed by atoms with Crippen LogP contribution >= 0.6 is 11.6 Å². The lowest BCUT2D eigenvalue weighted by Gasteiger charge is -2.32. The first kappa shape index (κ1) is 22.8. The Morgan fingerprint density at radius 3 is 2.29 bits per heavy atom. The average Bonchev–Trinajstić information content (AvgIpc) is 3.28. The molecule has 6 heteroatoms. The van der Waals surface area contributed by atoms with Crippen molar-refractivity contribution in [2.45, 2.75) is 6.42 Å². The van der Waals surface area contributed by atoms with Crippen LogP contribution < -0.4 is 9.47 Å². The number of furan rings is 1. The molecule has 5 rings (SSSR count). The fourth-order valence-electron chi connectivity index (χ4n) is 4.13. The van der Waals surface area contributed by atoms with Crippen LogP contribution in [0.25, 0.3) is 22.3 Å². The van der Waals surface area contributed by atoms with Gasteiger partial charge in [0.1, 0.15) is 28.6 Å². The fraction of sp³-hybridized carbons (Fsp3) is 0.286. The number of rotatable bonds is 8. The quantitative estimate of drug-likeness (QED) is 0.269. The van der Waals surface area contributed by atoms with Gasteiger partial charge in [0, 0.05) is 48.7 Å². The van der Waals surface area contributed by atoms with Crippen molar-refractivity contribution in [2.24, 2.45) is 0 Å². The van der Waals surface area contributed by atoms with Gasteiger partial charge in [-0.15, -0.1) is 0 Å². The van der Waals surface area contributed by atoms with Gasteiger partial charge in [0.15, 0.2) is 0 Å². The molecule has 1 aromatic heterocycles. The Morgan fingerprint density at radius 2 is 1.53 bits per heavy atom. The minimum atomic E-state index is 0.685. The first-order valence-electron chi connectivity index (χ1n) is 11.7. The number of likely N-dealkylation sites (N-methyl/N-ethyl adjacent to an activating group) is 1. The molecule has 0 spiro atoms. The second-order valence-electron chi connectivity index (χ2n) is 8.74. The summed E-state index contributed by atoms with van der Waals surface area (Å²) < 4.78 is 18.0. The minimum absolute atomic E-state index is 0.685. The van der Waals surface area contributed by atoms with Gasteiger partial charge < -0.3 is 23.7 Å². The van der Waals surface area contributed by atoms with E-state index in [9.17, 15) is 0 Å². The zero-order chi connectivity index (χ0) is 23.3. The van der Waals surface area contributed by atoms with Crippen LogP contribution in [-0.4, -0.2) is 56.2 Å². The highest BCUT2D eigenvalue weighted by Crippen LogP contribution is 2.32. The molecule has 0 amide bonds. The second-order valence-corrected chi connectivity index (χ2v) is 9.17. The summed E-state index contributed by atoms with van der Waals surface area (Å²) in [6, 6.07) is 23.3. The third-order valence-corrected chi connectivity index (χ3v) is 6.41. The van der Waals surface area contributed by atoms with Crippen molar-refractivity contribution >= 4 is 22.6 Å². The van der Waals surface area contributed by atoms with Crippen LogP contribution in [-0.2, 0) is 0 Å². The molecule has 0 radical (unpaired) electrons. The monoisotopic (exact) mass is 476 g/mol. The van der Waals surface area contributed by atoms with E-state index in [2.05, 4.69) is 16.8 Å². The Balaban J connectivity index is 1.17. The number of benzene rings is 3. The average molecular weight is 477 g/mol. The number of hydrogen-bond acceptors (Lipinski definition) is 5. The molecule has 176 valence electrons. The van der Waals surface area contributed by atoms with E-state index in [0.29, 0.717) is 5.02 Å².